The van der Waals surface area contributed by atoms with Crippen LogP contribution in [0.25, 0.3) is 0 Å². The Morgan fingerprint density at radius 2 is 1.97 bits per heavy atom. The van der Waals surface area contributed by atoms with Gasteiger partial charge in [-0.2, -0.15) is 13.2 Å². The van der Waals surface area contributed by atoms with Crippen LogP contribution in [0.5, 0.6) is 0 Å². The van der Waals surface area contributed by atoms with Crippen LogP contribution >= 0.6 is 0 Å². The number of nitrogens with one attached hydrogen (secondary N) is 1. The molecule has 5 N–H and O–H groups in total. The second kappa shape index (κ2) is 9.70. The van der Waals surface area contributed by atoms with Gasteiger partial charge >= 0.3 is 6.18 Å². The van der Waals surface area contributed by atoms with Gasteiger partial charge in [0.1, 0.15) is 17.9 Å². The van der Waals surface area contributed by atoms with Crippen LogP contribution in [0.4, 0.5) is 19.0 Å². The summed E-state index contributed by atoms with van der Waals surface area (Å²) in [5.41, 5.74) is 12.0. The molecule has 1 fully saturated rings. The van der Waals surface area contributed by atoms with Crippen molar-refractivity contribution in [1.29, 1.82) is 0 Å². The maximum Gasteiger partial charge on any atom is 0.416 e. The van der Waals surface area contributed by atoms with Gasteiger partial charge in [-0.05, 0) is 49.9 Å². The van der Waals surface area contributed by atoms with E-state index in [9.17, 15) is 27.6 Å². The second-order valence-electron chi connectivity index (χ2n) is 8.37. The largest absolute Gasteiger partial charge is 0.416 e. The Bertz CT molecular complexity index is 1110. The molecule has 0 bridgehead atoms. The lowest BCUT2D eigenvalue weighted by Gasteiger charge is -2.28. The first kappa shape index (κ1) is 25.0. The molecule has 0 aliphatic carbocycles. The lowest BCUT2D eigenvalue weighted by Crippen LogP contribution is -2.52. The molecule has 2 aromatic rings. The number of nitrogen functional groups attached to an aromatic ring is 1. The van der Waals surface area contributed by atoms with Crippen molar-refractivity contribution in [2.75, 3.05) is 5.73 Å². The van der Waals surface area contributed by atoms with Crippen LogP contribution in [0.2, 0.25) is 0 Å². The van der Waals surface area contributed by atoms with E-state index in [1.54, 1.807) is 19.1 Å². The van der Waals surface area contributed by atoms with Crippen molar-refractivity contribution in [1.82, 2.24) is 15.2 Å². The summed E-state index contributed by atoms with van der Waals surface area (Å²) in [7, 11) is 0. The molecule has 2 unspecified atom stereocenters. The Morgan fingerprint density at radius 3 is 2.59 bits per heavy atom. The third kappa shape index (κ3) is 5.46. The number of amides is 3. The van der Waals surface area contributed by atoms with Crippen molar-refractivity contribution in [3.05, 3.63) is 58.8 Å². The molecule has 3 rings (SSSR count). The van der Waals surface area contributed by atoms with Gasteiger partial charge in [-0.25, -0.2) is 4.98 Å². The standard InChI is InChI=1S/C23H26F3N5O3/c1-12-15(6-7-19(27)30-12)11-29-21(33)13(2)31-18(20(28)32)10-16(22(31)34)8-14-4-3-5-17(9-14)23(24,25)26/h3-7,9,13,16,18H,8,10-11H2,1-2H3,(H2,27,30)(H2,28,32)(H,29,33)/t13-,16?,18?/m1/s1. The molecule has 34 heavy (non-hydrogen) atoms. The lowest BCUT2D eigenvalue weighted by atomic mass is 9.95. The van der Waals surface area contributed by atoms with Crippen LogP contribution in [-0.4, -0.2) is 39.7 Å². The number of alkyl halides is 3. The maximum atomic E-state index is 13.1. The van der Waals surface area contributed by atoms with Crippen molar-refractivity contribution in [2.45, 2.75) is 51.5 Å². The highest BCUT2D eigenvalue weighted by Gasteiger charge is 2.46. The van der Waals surface area contributed by atoms with Crippen molar-refractivity contribution in [3.63, 3.8) is 0 Å². The molecule has 2 heterocycles. The summed E-state index contributed by atoms with van der Waals surface area (Å²) in [6.07, 6.45) is -4.50. The minimum Gasteiger partial charge on any atom is -0.384 e. The zero-order valence-corrected chi connectivity index (χ0v) is 18.7. The van der Waals surface area contributed by atoms with Gasteiger partial charge in [0.2, 0.25) is 17.7 Å². The number of rotatable bonds is 7. The van der Waals surface area contributed by atoms with Crippen LogP contribution in [-0.2, 0) is 33.5 Å². The first-order valence-corrected chi connectivity index (χ1v) is 10.7. The Balaban J connectivity index is 1.73. The van der Waals surface area contributed by atoms with Gasteiger partial charge < -0.3 is 21.7 Å². The average Bonchev–Trinajstić information content (AvgIpc) is 3.08. The molecule has 1 saturated heterocycles. The van der Waals surface area contributed by atoms with E-state index < -0.39 is 47.5 Å². The second-order valence-corrected chi connectivity index (χ2v) is 8.37. The predicted octanol–water partition coefficient (Wildman–Crippen LogP) is 1.94. The summed E-state index contributed by atoms with van der Waals surface area (Å²) in [5, 5.41) is 2.71. The fourth-order valence-electron chi connectivity index (χ4n) is 4.14. The Labute approximate surface area is 194 Å². The zero-order valence-electron chi connectivity index (χ0n) is 18.7. The van der Waals surface area contributed by atoms with Gasteiger partial charge in [-0.3, -0.25) is 14.4 Å². The number of hydrogen-bond donors (Lipinski definition) is 3. The number of anilines is 1. The summed E-state index contributed by atoms with van der Waals surface area (Å²) in [4.78, 5) is 43.2. The fraction of sp³-hybridized carbons (Fsp3) is 0.391. The van der Waals surface area contributed by atoms with Crippen LogP contribution < -0.4 is 16.8 Å². The monoisotopic (exact) mass is 477 g/mol. The number of benzene rings is 1. The van der Waals surface area contributed by atoms with Crippen molar-refractivity contribution in [2.24, 2.45) is 11.7 Å². The third-order valence-electron chi connectivity index (χ3n) is 5.98. The highest BCUT2D eigenvalue weighted by molar-refractivity contribution is 5.95. The molecule has 1 aromatic carbocycles. The first-order chi connectivity index (χ1) is 15.9. The van der Waals surface area contributed by atoms with E-state index in [4.69, 9.17) is 11.5 Å². The summed E-state index contributed by atoms with van der Waals surface area (Å²) in [5.74, 6) is -2.22. The number of carbonyl (C=O) groups is 3. The molecule has 8 nitrogen and oxygen atoms in total. The number of carbonyl (C=O) groups excluding carboxylic acids is 3. The van der Waals surface area contributed by atoms with Crippen LogP contribution in [0.1, 0.15) is 35.7 Å². The molecule has 182 valence electrons. The maximum absolute atomic E-state index is 13.1. The molecule has 3 amide bonds. The number of aromatic nitrogens is 1. The normalized spacial score (nSPS) is 19.2. The van der Waals surface area contributed by atoms with Crippen molar-refractivity contribution in [3.8, 4) is 0 Å². The lowest BCUT2D eigenvalue weighted by molar-refractivity contribution is -0.143. The Hall–Kier alpha value is -3.63. The van der Waals surface area contributed by atoms with E-state index in [0.29, 0.717) is 17.1 Å². The fourth-order valence-corrected chi connectivity index (χ4v) is 4.14. The SMILES string of the molecule is Cc1nc(N)ccc1CNC(=O)[C@@H](C)N1C(=O)C(Cc2cccc(C(F)(F)F)c2)CC1C(N)=O. The molecule has 0 radical (unpaired) electrons. The number of nitrogens with zero attached hydrogens (tertiary/aromatic N) is 2. The van der Waals surface area contributed by atoms with E-state index in [0.717, 1.165) is 22.6 Å². The number of likely N-dealkylation sites (tertiary alicyclic amines) is 1. The summed E-state index contributed by atoms with van der Waals surface area (Å²) >= 11 is 0. The van der Waals surface area contributed by atoms with Crippen molar-refractivity contribution >= 4 is 23.5 Å². The van der Waals surface area contributed by atoms with Gasteiger partial charge in [0.15, 0.2) is 0 Å². The number of aryl methyl sites for hydroxylation is 1. The molecular formula is C23H26F3N5O3. The first-order valence-electron chi connectivity index (χ1n) is 10.7. The topological polar surface area (TPSA) is 131 Å². The minimum atomic E-state index is -4.51. The molecule has 11 heteroatoms. The minimum absolute atomic E-state index is 0.00628. The molecule has 1 aliphatic heterocycles. The van der Waals surface area contributed by atoms with E-state index in [1.807, 2.05) is 0 Å². The molecule has 1 aliphatic rings. The van der Waals surface area contributed by atoms with Gasteiger partial charge in [0, 0.05) is 18.2 Å². The van der Waals surface area contributed by atoms with E-state index >= 15 is 0 Å². The van der Waals surface area contributed by atoms with Crippen molar-refractivity contribution < 1.29 is 27.6 Å². The highest BCUT2D eigenvalue weighted by Crippen LogP contribution is 2.33. The summed E-state index contributed by atoms with van der Waals surface area (Å²) in [6, 6.07) is 5.96. The summed E-state index contributed by atoms with van der Waals surface area (Å²) < 4.78 is 39.1. The Morgan fingerprint density at radius 1 is 1.26 bits per heavy atom. The van der Waals surface area contributed by atoms with Gasteiger partial charge in [-0.1, -0.05) is 24.3 Å². The smallest absolute Gasteiger partial charge is 0.384 e. The number of primary amides is 1. The van der Waals surface area contributed by atoms with Crippen LogP contribution in [0, 0.1) is 12.8 Å². The molecule has 1 aromatic heterocycles. The quantitative estimate of drug-likeness (QED) is 0.561. The molecular weight excluding hydrogens is 451 g/mol. The summed E-state index contributed by atoms with van der Waals surface area (Å²) in [6.45, 7) is 3.36. The Kier molecular flexibility index (Phi) is 7.13. The number of halogens is 3. The zero-order chi connectivity index (χ0) is 25.2. The van der Waals surface area contributed by atoms with Gasteiger partial charge in [0.25, 0.3) is 0 Å². The average molecular weight is 477 g/mol. The van der Waals surface area contributed by atoms with E-state index in [1.165, 1.54) is 19.1 Å². The number of hydrogen-bond acceptors (Lipinski definition) is 5. The van der Waals surface area contributed by atoms with Gasteiger partial charge in [-0.15, -0.1) is 0 Å². The number of nitrogens with two attached hydrogens (primary N) is 2. The van der Waals surface area contributed by atoms with Crippen LogP contribution in [0.3, 0.4) is 0 Å². The van der Waals surface area contributed by atoms with Gasteiger partial charge in [0.05, 0.1) is 5.56 Å². The molecule has 0 saturated carbocycles. The number of pyridine rings is 1. The molecule has 3 atom stereocenters. The third-order valence-corrected chi connectivity index (χ3v) is 5.98. The van der Waals surface area contributed by atoms with Crippen LogP contribution in [0.15, 0.2) is 36.4 Å². The molecule has 0 spiro atoms. The van der Waals surface area contributed by atoms with E-state index in [2.05, 4.69) is 10.3 Å². The predicted molar refractivity (Wildman–Crippen MR) is 118 cm³/mol. The van der Waals surface area contributed by atoms with E-state index in [-0.39, 0.29) is 19.4 Å². The highest BCUT2D eigenvalue weighted by atomic mass is 19.4.